The van der Waals surface area contributed by atoms with Crippen molar-refractivity contribution >= 4 is 46.2 Å². The van der Waals surface area contributed by atoms with E-state index in [1.54, 1.807) is 46.3 Å². The van der Waals surface area contributed by atoms with Crippen LogP contribution in [0, 0.1) is 17.6 Å². The number of nitrogens with zero attached hydrogens (tertiary/aromatic N) is 6. The average Bonchev–Trinajstić information content (AvgIpc) is 3.83. The minimum Gasteiger partial charge on any atom is -0.477 e. The van der Waals surface area contributed by atoms with Crippen molar-refractivity contribution < 1.29 is 37.8 Å². The first-order valence-electron chi connectivity index (χ1n) is 18.4. The number of ketones is 1. The van der Waals surface area contributed by atoms with Crippen molar-refractivity contribution in [1.29, 1.82) is 0 Å². The van der Waals surface area contributed by atoms with Crippen molar-refractivity contribution in [2.45, 2.75) is 58.1 Å². The Kier molecular flexibility index (Phi) is 9.89. The molecule has 2 atom stereocenters. The summed E-state index contributed by atoms with van der Waals surface area (Å²) >= 11 is 0. The van der Waals surface area contributed by atoms with Gasteiger partial charge in [-0.25, -0.2) is 23.4 Å². The molecule has 14 nitrogen and oxygen atoms in total. The first kappa shape index (κ1) is 38.5. The lowest BCUT2D eigenvalue weighted by molar-refractivity contribution is -0.123. The van der Waals surface area contributed by atoms with Crippen LogP contribution in [0.2, 0.25) is 0 Å². The lowest BCUT2D eigenvalue weighted by Crippen LogP contribution is -2.36. The normalized spacial score (nSPS) is 17.5. The highest BCUT2D eigenvalue weighted by Gasteiger charge is 2.44. The number of carbonyl (C=O) groups excluding carboxylic acids is 3. The molecule has 0 spiro atoms. The number of fused-ring (bicyclic) bond motifs is 5. The molecule has 16 heteroatoms. The van der Waals surface area contributed by atoms with Crippen LogP contribution in [0.15, 0.2) is 35.5 Å². The number of ether oxygens (including phenoxy) is 1. The molecule has 3 aromatic heterocycles. The predicted molar refractivity (Wildman–Crippen MR) is 204 cm³/mol. The average molecular weight is 772 g/mol. The fourth-order valence-corrected chi connectivity index (χ4v) is 8.24. The number of hydrogen-bond donors (Lipinski definition) is 2. The molecule has 2 saturated heterocycles. The highest BCUT2D eigenvalue weighted by atomic mass is 19.2. The summed E-state index contributed by atoms with van der Waals surface area (Å²) < 4.78 is 38.7. The van der Waals surface area contributed by atoms with Crippen LogP contribution in [-0.4, -0.2) is 100 Å². The summed E-state index contributed by atoms with van der Waals surface area (Å²) in [7, 11) is 5.07. The maximum Gasteiger partial charge on any atom is 0.408 e. The summed E-state index contributed by atoms with van der Waals surface area (Å²) in [5.74, 6) is -4.25. The molecule has 2 amide bonds. The molecular weight excluding hydrogens is 728 g/mol. The third-order valence-electron chi connectivity index (χ3n) is 10.8. The maximum atomic E-state index is 16.4. The number of likely N-dealkylation sites (tertiary alicyclic amines) is 1. The van der Waals surface area contributed by atoms with Crippen LogP contribution in [0.4, 0.5) is 25.0 Å². The Balaban J connectivity index is 1.29. The van der Waals surface area contributed by atoms with E-state index in [-0.39, 0.29) is 54.1 Å². The number of amides is 2. The molecular formula is C40H43F2N7O7. The minimum absolute atomic E-state index is 0.0238. The molecule has 1 aliphatic carbocycles. The van der Waals surface area contributed by atoms with Crippen molar-refractivity contribution in [3.63, 3.8) is 0 Å². The number of halogens is 2. The van der Waals surface area contributed by atoms with E-state index in [0.29, 0.717) is 46.1 Å². The lowest BCUT2D eigenvalue weighted by atomic mass is 9.96. The maximum absolute atomic E-state index is 16.4. The predicted octanol–water partition coefficient (Wildman–Crippen LogP) is 4.52. The number of Topliss-reactive ketones (excluding diaryl/α,β-unsaturated/α-hetero) is 1. The van der Waals surface area contributed by atoms with E-state index >= 15 is 8.78 Å². The summed E-state index contributed by atoms with van der Waals surface area (Å²) in [5.41, 5.74) is 1.27. The van der Waals surface area contributed by atoms with Gasteiger partial charge in [0.1, 0.15) is 16.8 Å². The van der Waals surface area contributed by atoms with Gasteiger partial charge in [-0.2, -0.15) is 0 Å². The van der Waals surface area contributed by atoms with Crippen LogP contribution >= 0.6 is 0 Å². The number of carboxylic acid groups (broad SMARTS) is 1. The Morgan fingerprint density at radius 3 is 2.52 bits per heavy atom. The van der Waals surface area contributed by atoms with Crippen LogP contribution in [0.3, 0.4) is 0 Å². The van der Waals surface area contributed by atoms with Crippen molar-refractivity contribution in [2.24, 2.45) is 13.0 Å². The Bertz CT molecular complexity index is 2390. The quantitative estimate of drug-likeness (QED) is 0.216. The molecule has 2 aliphatic heterocycles. The van der Waals surface area contributed by atoms with Gasteiger partial charge in [0.25, 0.3) is 0 Å². The van der Waals surface area contributed by atoms with E-state index in [4.69, 9.17) is 9.72 Å². The van der Waals surface area contributed by atoms with Gasteiger partial charge in [0, 0.05) is 106 Å². The molecule has 7 rings (SSSR count). The highest BCUT2D eigenvalue weighted by molar-refractivity contribution is 6.02. The van der Waals surface area contributed by atoms with Gasteiger partial charge in [-0.3, -0.25) is 19.4 Å². The second-order valence-corrected chi connectivity index (χ2v) is 15.8. The molecule has 1 aromatic carbocycles. The number of alkyl carbamates (subject to hydrolysis) is 1. The molecule has 2 N–H and O–H groups in total. The standard InChI is InChI=1S/C40H43F2N7O7/c1-40(2,3)56-39(55)45-15-22(50)7-8-31(51)48(6)29-13-27(41)34(42)32-23(29)12-28-33(32)35(49-10-9-20-17-46(4)19-30(20)49)25(16-43-28)21-11-24-36(52)26(38(53)54)18-47(5)37(24)44-14-21/h11,13-14,16,18,20,30H,7-10,12,15,17,19H2,1-6H3,(H,45,55)(H,53,54)/t20-,30?/m0/s1. The smallest absolute Gasteiger partial charge is 0.408 e. The number of aromatic nitrogens is 3. The SMILES string of the molecule is CN1CC2[C@@H](CCN2c2c(-c3cnc4c(c3)c(=O)c(C(=O)O)cn4C)cnc3c2-c2c(F)c(F)cc(N(C)C(=O)CCC(=O)CNC(=O)OC(C)(C)C)c2C3)C1. The zero-order valence-electron chi connectivity index (χ0n) is 32.0. The molecule has 4 aromatic rings. The fourth-order valence-electron chi connectivity index (χ4n) is 8.24. The third-order valence-corrected chi connectivity index (χ3v) is 10.8. The van der Waals surface area contributed by atoms with Crippen molar-refractivity contribution in [1.82, 2.24) is 24.8 Å². The Morgan fingerprint density at radius 2 is 1.80 bits per heavy atom. The van der Waals surface area contributed by atoms with Gasteiger partial charge < -0.3 is 34.4 Å². The zero-order chi connectivity index (χ0) is 40.4. The van der Waals surface area contributed by atoms with Crippen molar-refractivity contribution in [3.8, 4) is 22.3 Å². The summed E-state index contributed by atoms with van der Waals surface area (Å²) in [6.07, 6.45) is 4.13. The minimum atomic E-state index is -1.37. The van der Waals surface area contributed by atoms with Gasteiger partial charge in [0.15, 0.2) is 17.4 Å². The van der Waals surface area contributed by atoms with Crippen LogP contribution in [0.25, 0.3) is 33.3 Å². The number of nitrogens with one attached hydrogen (secondary N) is 1. The molecule has 294 valence electrons. The molecule has 56 heavy (non-hydrogen) atoms. The van der Waals surface area contributed by atoms with Crippen molar-refractivity contribution in [2.75, 3.05) is 50.1 Å². The highest BCUT2D eigenvalue weighted by Crippen LogP contribution is 2.52. The Labute approximate surface area is 321 Å². The van der Waals surface area contributed by atoms with Crippen molar-refractivity contribution in [3.05, 3.63) is 69.4 Å². The summed E-state index contributed by atoms with van der Waals surface area (Å²) in [5, 5.41) is 12.2. The second-order valence-electron chi connectivity index (χ2n) is 15.8. The zero-order valence-corrected chi connectivity index (χ0v) is 32.0. The van der Waals surface area contributed by atoms with Crippen LogP contribution in [0.1, 0.15) is 61.6 Å². The van der Waals surface area contributed by atoms with Gasteiger partial charge in [-0.15, -0.1) is 0 Å². The van der Waals surface area contributed by atoms with Gasteiger partial charge in [0.2, 0.25) is 11.3 Å². The number of carbonyl (C=O) groups is 4. The number of carboxylic acids is 1. The van der Waals surface area contributed by atoms with E-state index in [2.05, 4.69) is 20.1 Å². The number of anilines is 2. The molecule has 1 unspecified atom stereocenters. The fraction of sp³-hybridized carbons (Fsp3) is 0.425. The van der Waals surface area contributed by atoms with Crippen LogP contribution in [-0.2, 0) is 27.8 Å². The number of rotatable bonds is 9. The van der Waals surface area contributed by atoms with E-state index in [1.165, 1.54) is 22.7 Å². The number of likely N-dealkylation sites (N-methyl/N-ethyl adjacent to an activating group) is 1. The van der Waals surface area contributed by atoms with Crippen LogP contribution < -0.4 is 20.5 Å². The molecule has 0 saturated carbocycles. The monoisotopic (exact) mass is 771 g/mol. The summed E-state index contributed by atoms with van der Waals surface area (Å²) in [6, 6.07) is 2.58. The van der Waals surface area contributed by atoms with Gasteiger partial charge in [0.05, 0.1) is 29.0 Å². The molecule has 2 fully saturated rings. The van der Waals surface area contributed by atoms with Crippen LogP contribution in [0.5, 0.6) is 0 Å². The Hall–Kier alpha value is -5.77. The van der Waals surface area contributed by atoms with Gasteiger partial charge in [-0.05, 0) is 51.8 Å². The largest absolute Gasteiger partial charge is 0.477 e. The lowest BCUT2D eigenvalue weighted by Gasteiger charge is -2.31. The molecule has 5 heterocycles. The topological polar surface area (TPSA) is 167 Å². The first-order chi connectivity index (χ1) is 26.4. The van der Waals surface area contributed by atoms with Gasteiger partial charge >= 0.3 is 12.1 Å². The first-order valence-corrected chi connectivity index (χ1v) is 18.4. The third kappa shape index (κ3) is 6.97. The van der Waals surface area contributed by atoms with E-state index in [1.807, 2.05) is 7.05 Å². The van der Waals surface area contributed by atoms with E-state index in [9.17, 15) is 29.1 Å². The molecule has 0 bridgehead atoms. The number of hydrogen-bond acceptors (Lipinski definition) is 10. The number of aryl methyl sites for hydroxylation is 1. The second kappa shape index (κ2) is 14.4. The number of benzene rings is 1. The number of aromatic carboxylic acids is 1. The molecule has 3 aliphatic rings. The Morgan fingerprint density at radius 1 is 1.05 bits per heavy atom. The number of pyridine rings is 3. The van der Waals surface area contributed by atoms with E-state index < -0.39 is 52.0 Å². The van der Waals surface area contributed by atoms with E-state index in [0.717, 1.165) is 25.6 Å². The molecule has 0 radical (unpaired) electrons. The summed E-state index contributed by atoms with van der Waals surface area (Å²) in [6.45, 7) is 6.94. The van der Waals surface area contributed by atoms with Gasteiger partial charge in [-0.1, -0.05) is 0 Å². The summed E-state index contributed by atoms with van der Waals surface area (Å²) in [4.78, 5) is 78.3.